The number of rotatable bonds is 3. The molecule has 0 aromatic heterocycles. The van der Waals surface area contributed by atoms with Crippen LogP contribution >= 0.6 is 0 Å². The highest BCUT2D eigenvalue weighted by atomic mass is 19.1. The Balaban J connectivity index is 1.64. The molecule has 0 heterocycles. The highest BCUT2D eigenvalue weighted by molar-refractivity contribution is 5.84. The van der Waals surface area contributed by atoms with E-state index in [0.29, 0.717) is 23.5 Å². The van der Waals surface area contributed by atoms with E-state index in [2.05, 4.69) is 6.58 Å². The summed E-state index contributed by atoms with van der Waals surface area (Å²) in [6.45, 7) is 3.64. The van der Waals surface area contributed by atoms with Gasteiger partial charge >= 0.3 is 0 Å². The van der Waals surface area contributed by atoms with E-state index in [1.165, 1.54) is 0 Å². The van der Waals surface area contributed by atoms with Gasteiger partial charge in [-0.05, 0) is 47.8 Å². The summed E-state index contributed by atoms with van der Waals surface area (Å²) >= 11 is 0. The van der Waals surface area contributed by atoms with Gasteiger partial charge in [0.15, 0.2) is 0 Å². The smallest absolute Gasteiger partial charge is 0.133 e. The number of carbonyl (C=O) groups is 1. The van der Waals surface area contributed by atoms with Gasteiger partial charge in [0.1, 0.15) is 11.6 Å². The van der Waals surface area contributed by atoms with Gasteiger partial charge < -0.3 is 0 Å². The number of benzene rings is 1. The molecule has 0 saturated heterocycles. The zero-order valence-electron chi connectivity index (χ0n) is 10.4. The molecular formula is C16H17FO. The summed E-state index contributed by atoms with van der Waals surface area (Å²) < 4.78 is 13.9. The van der Waals surface area contributed by atoms with E-state index in [1.54, 1.807) is 12.1 Å². The van der Waals surface area contributed by atoms with Crippen LogP contribution in [0.1, 0.15) is 42.7 Å². The summed E-state index contributed by atoms with van der Waals surface area (Å²) in [6, 6.07) is 5.37. The molecule has 0 N–H and O–H groups in total. The van der Waals surface area contributed by atoms with Gasteiger partial charge in [-0.1, -0.05) is 24.8 Å². The molecule has 2 saturated carbocycles. The Hall–Kier alpha value is -1.44. The number of carbonyl (C=O) groups excluding carboxylic acids is 1. The number of hydrogen-bond donors (Lipinski definition) is 0. The monoisotopic (exact) mass is 244 g/mol. The lowest BCUT2D eigenvalue weighted by molar-refractivity contribution is -0.129. The van der Waals surface area contributed by atoms with Crippen molar-refractivity contribution in [2.75, 3.05) is 0 Å². The normalized spacial score (nSPS) is 27.5. The highest BCUT2D eigenvalue weighted by Crippen LogP contribution is 2.50. The van der Waals surface area contributed by atoms with Crippen molar-refractivity contribution in [1.29, 1.82) is 0 Å². The van der Waals surface area contributed by atoms with Crippen LogP contribution in [0.3, 0.4) is 0 Å². The largest absolute Gasteiger partial charge is 0.300 e. The molecule has 2 fully saturated rings. The zero-order chi connectivity index (χ0) is 12.7. The van der Waals surface area contributed by atoms with E-state index in [0.717, 1.165) is 36.8 Å². The molecule has 1 aromatic carbocycles. The molecular weight excluding hydrogens is 227 g/mol. The second-order valence-electron chi connectivity index (χ2n) is 5.62. The number of hydrogen-bond acceptors (Lipinski definition) is 1. The van der Waals surface area contributed by atoms with E-state index in [4.69, 9.17) is 0 Å². The Morgan fingerprint density at radius 2 is 1.94 bits per heavy atom. The maximum absolute atomic E-state index is 13.9. The molecule has 0 aliphatic heterocycles. The third-order valence-electron chi connectivity index (χ3n) is 4.52. The molecule has 2 aliphatic rings. The van der Waals surface area contributed by atoms with Crippen LogP contribution in [-0.4, -0.2) is 5.78 Å². The van der Waals surface area contributed by atoms with Gasteiger partial charge in [-0.25, -0.2) is 4.39 Å². The topological polar surface area (TPSA) is 17.1 Å². The standard InChI is InChI=1S/C16H17FO/c1-2-10-3-4-15(16(17)5-10)13-6-11(7-13)12-8-14(18)9-12/h2-5,11-13H,1,6-9H2. The minimum absolute atomic E-state index is 0.111. The Bertz CT molecular complexity index is 492. The van der Waals surface area contributed by atoms with E-state index >= 15 is 0 Å². The Morgan fingerprint density at radius 1 is 1.22 bits per heavy atom. The van der Waals surface area contributed by atoms with Crippen LogP contribution in [0.4, 0.5) is 4.39 Å². The first kappa shape index (κ1) is 11.6. The van der Waals surface area contributed by atoms with Crippen molar-refractivity contribution in [2.45, 2.75) is 31.6 Å². The molecule has 18 heavy (non-hydrogen) atoms. The van der Waals surface area contributed by atoms with Crippen molar-refractivity contribution in [2.24, 2.45) is 11.8 Å². The third-order valence-corrected chi connectivity index (χ3v) is 4.52. The van der Waals surface area contributed by atoms with Crippen molar-refractivity contribution in [1.82, 2.24) is 0 Å². The summed E-state index contributed by atoms with van der Waals surface area (Å²) in [5, 5.41) is 0. The van der Waals surface area contributed by atoms with Crippen LogP contribution in [0.15, 0.2) is 24.8 Å². The summed E-state index contributed by atoms with van der Waals surface area (Å²) in [4.78, 5) is 11.0. The van der Waals surface area contributed by atoms with Crippen molar-refractivity contribution in [3.63, 3.8) is 0 Å². The summed E-state index contributed by atoms with van der Waals surface area (Å²) in [7, 11) is 0. The van der Waals surface area contributed by atoms with Crippen molar-refractivity contribution >= 4 is 11.9 Å². The average molecular weight is 244 g/mol. The van der Waals surface area contributed by atoms with Gasteiger partial charge in [0.25, 0.3) is 0 Å². The SMILES string of the molecule is C=Cc1ccc(C2CC(C3CC(=O)C3)C2)c(F)c1. The average Bonchev–Trinajstić information content (AvgIpc) is 2.26. The maximum atomic E-state index is 13.9. The molecule has 0 atom stereocenters. The number of Topliss-reactive ketones (excluding diaryl/α,β-unsaturated/α-hetero) is 1. The van der Waals surface area contributed by atoms with Crippen LogP contribution in [0.5, 0.6) is 0 Å². The fourth-order valence-corrected chi connectivity index (χ4v) is 3.16. The lowest BCUT2D eigenvalue weighted by Crippen LogP contribution is -2.37. The maximum Gasteiger partial charge on any atom is 0.133 e. The predicted molar refractivity (Wildman–Crippen MR) is 69.7 cm³/mol. The van der Waals surface area contributed by atoms with Crippen LogP contribution < -0.4 is 0 Å². The quantitative estimate of drug-likeness (QED) is 0.787. The first-order valence-corrected chi connectivity index (χ1v) is 6.61. The molecule has 0 spiro atoms. The van der Waals surface area contributed by atoms with Gasteiger partial charge in [-0.15, -0.1) is 0 Å². The molecule has 1 nitrogen and oxygen atoms in total. The molecule has 0 amide bonds. The fourth-order valence-electron chi connectivity index (χ4n) is 3.16. The molecule has 1 aromatic rings. The molecule has 0 bridgehead atoms. The second kappa shape index (κ2) is 4.34. The number of halogens is 1. The van der Waals surface area contributed by atoms with Crippen LogP contribution in [-0.2, 0) is 4.79 Å². The molecule has 2 aliphatic carbocycles. The summed E-state index contributed by atoms with van der Waals surface area (Å²) in [5.74, 6) is 1.87. The minimum atomic E-state index is -0.111. The molecule has 0 unspecified atom stereocenters. The summed E-state index contributed by atoms with van der Waals surface area (Å²) in [5.41, 5.74) is 1.67. The third kappa shape index (κ3) is 1.90. The van der Waals surface area contributed by atoms with Crippen molar-refractivity contribution in [3.05, 3.63) is 41.7 Å². The van der Waals surface area contributed by atoms with Crippen LogP contribution in [0.25, 0.3) is 6.08 Å². The Labute approximate surface area is 107 Å². The van der Waals surface area contributed by atoms with E-state index < -0.39 is 0 Å². The molecule has 2 heteroatoms. The van der Waals surface area contributed by atoms with Gasteiger partial charge in [-0.3, -0.25) is 4.79 Å². The zero-order valence-corrected chi connectivity index (χ0v) is 10.4. The minimum Gasteiger partial charge on any atom is -0.300 e. The van der Waals surface area contributed by atoms with Gasteiger partial charge in [0.2, 0.25) is 0 Å². The predicted octanol–water partition coefficient (Wildman–Crippen LogP) is 3.94. The Kier molecular flexibility index (Phi) is 2.81. The van der Waals surface area contributed by atoms with Crippen molar-refractivity contribution < 1.29 is 9.18 Å². The van der Waals surface area contributed by atoms with Gasteiger partial charge in [0, 0.05) is 12.8 Å². The Morgan fingerprint density at radius 3 is 2.50 bits per heavy atom. The summed E-state index contributed by atoms with van der Waals surface area (Å²) in [6.07, 6.45) is 5.27. The second-order valence-corrected chi connectivity index (χ2v) is 5.62. The lowest BCUT2D eigenvalue weighted by Gasteiger charge is -2.43. The molecule has 0 radical (unpaired) electrons. The first-order valence-electron chi connectivity index (χ1n) is 6.61. The van der Waals surface area contributed by atoms with Gasteiger partial charge in [0.05, 0.1) is 0 Å². The van der Waals surface area contributed by atoms with Crippen molar-refractivity contribution in [3.8, 4) is 0 Å². The molecule has 3 rings (SSSR count). The van der Waals surface area contributed by atoms with Gasteiger partial charge in [-0.2, -0.15) is 0 Å². The number of ketones is 1. The van der Waals surface area contributed by atoms with E-state index in [9.17, 15) is 9.18 Å². The highest BCUT2D eigenvalue weighted by Gasteiger charge is 2.41. The van der Waals surface area contributed by atoms with E-state index in [-0.39, 0.29) is 5.82 Å². The van der Waals surface area contributed by atoms with Crippen LogP contribution in [0.2, 0.25) is 0 Å². The fraction of sp³-hybridized carbons (Fsp3) is 0.438. The van der Waals surface area contributed by atoms with E-state index in [1.807, 2.05) is 12.1 Å². The molecule has 94 valence electrons. The van der Waals surface area contributed by atoms with Crippen LogP contribution in [0, 0.1) is 17.7 Å². The lowest BCUT2D eigenvalue weighted by atomic mass is 9.60. The first-order chi connectivity index (χ1) is 8.67.